The molecule has 0 bridgehead atoms. The third-order valence-corrected chi connectivity index (χ3v) is 3.29. The highest BCUT2D eigenvalue weighted by Crippen LogP contribution is 2.18. The van der Waals surface area contributed by atoms with Crippen molar-refractivity contribution in [2.24, 2.45) is 0 Å². The Morgan fingerprint density at radius 1 is 1.11 bits per heavy atom. The Hall–Kier alpha value is -1.02. The predicted molar refractivity (Wildman–Crippen MR) is 80.6 cm³/mol. The molecule has 0 aromatic heterocycles. The number of phenolic OH excluding ortho intramolecular Hbond substituents is 1. The third kappa shape index (κ3) is 8.66. The van der Waals surface area contributed by atoms with Gasteiger partial charge in [-0.15, -0.1) is 0 Å². The molecule has 1 saturated heterocycles. The number of phenols is 1. The minimum absolute atomic E-state index is 0.450. The Bertz CT molecular complexity index is 332. The average Bonchev–Trinajstić information content (AvgIpc) is 3.19. The summed E-state index contributed by atoms with van der Waals surface area (Å²) in [7, 11) is 0. The van der Waals surface area contributed by atoms with E-state index in [-0.39, 0.29) is 0 Å². The summed E-state index contributed by atoms with van der Waals surface area (Å²) in [5, 5.41) is 9.55. The first-order valence-electron chi connectivity index (χ1n) is 7.62. The van der Waals surface area contributed by atoms with Crippen molar-refractivity contribution in [3.8, 4) is 5.75 Å². The van der Waals surface area contributed by atoms with Crippen LogP contribution in [0.4, 0.5) is 0 Å². The zero-order chi connectivity index (χ0) is 13.9. The molecule has 1 unspecified atom stereocenters. The van der Waals surface area contributed by atoms with Gasteiger partial charge in [0, 0.05) is 0 Å². The van der Waals surface area contributed by atoms with E-state index in [1.165, 1.54) is 38.5 Å². The molecule has 2 rings (SSSR count). The summed E-state index contributed by atoms with van der Waals surface area (Å²) < 4.78 is 4.71. The number of rotatable bonds is 7. The lowest BCUT2D eigenvalue weighted by Crippen LogP contribution is -1.86. The fraction of sp³-hybridized carbons (Fsp3) is 0.647. The summed E-state index contributed by atoms with van der Waals surface area (Å²) in [6.45, 7) is 5.28. The summed E-state index contributed by atoms with van der Waals surface area (Å²) in [5.41, 5.74) is 1.09. The van der Waals surface area contributed by atoms with Crippen molar-refractivity contribution in [2.75, 3.05) is 6.61 Å². The van der Waals surface area contributed by atoms with E-state index in [1.54, 1.807) is 6.07 Å². The van der Waals surface area contributed by atoms with E-state index in [0.717, 1.165) is 18.6 Å². The van der Waals surface area contributed by atoms with Gasteiger partial charge in [0.15, 0.2) is 0 Å². The van der Waals surface area contributed by atoms with Crippen molar-refractivity contribution < 1.29 is 9.84 Å². The van der Waals surface area contributed by atoms with Crippen LogP contribution in [0.1, 0.15) is 57.9 Å². The molecule has 0 amide bonds. The highest BCUT2D eigenvalue weighted by Gasteiger charge is 2.13. The van der Waals surface area contributed by atoms with Crippen LogP contribution in [0, 0.1) is 0 Å². The first-order valence-corrected chi connectivity index (χ1v) is 7.62. The number of ether oxygens (including phenoxy) is 1. The Balaban J connectivity index is 0.000000382. The van der Waals surface area contributed by atoms with Crippen molar-refractivity contribution in [3.63, 3.8) is 0 Å². The molecule has 0 spiro atoms. The molecule has 2 heteroatoms. The molecule has 1 aromatic rings. The van der Waals surface area contributed by atoms with Crippen LogP contribution in [-0.2, 0) is 11.2 Å². The standard InChI is InChI=1S/C14H22O.C3H6O/c1-2-3-4-5-6-7-10-13-11-8-9-12-14(13)15;1-3-2-4-3/h8-9,11-12,15H,2-7,10H2,1H3;3H,2H2,1H3. The molecular formula is C17H28O2. The van der Waals surface area contributed by atoms with E-state index >= 15 is 0 Å². The van der Waals surface area contributed by atoms with Gasteiger partial charge in [0.25, 0.3) is 0 Å². The summed E-state index contributed by atoms with van der Waals surface area (Å²) in [4.78, 5) is 0. The van der Waals surface area contributed by atoms with Crippen LogP contribution in [-0.4, -0.2) is 17.8 Å². The van der Waals surface area contributed by atoms with Gasteiger partial charge in [-0.2, -0.15) is 0 Å². The maximum absolute atomic E-state index is 9.55. The van der Waals surface area contributed by atoms with Gasteiger partial charge in [0.2, 0.25) is 0 Å². The molecule has 19 heavy (non-hydrogen) atoms. The number of epoxide rings is 1. The molecule has 1 aliphatic heterocycles. The minimum atomic E-state index is 0.450. The molecule has 1 aliphatic rings. The van der Waals surface area contributed by atoms with Crippen LogP contribution in [0.5, 0.6) is 5.75 Å². The minimum Gasteiger partial charge on any atom is -0.508 e. The molecule has 1 aromatic carbocycles. The second-order valence-corrected chi connectivity index (χ2v) is 5.29. The van der Waals surface area contributed by atoms with Crippen molar-refractivity contribution in [2.45, 2.75) is 64.9 Å². The zero-order valence-corrected chi connectivity index (χ0v) is 12.4. The van der Waals surface area contributed by atoms with Gasteiger partial charge >= 0.3 is 0 Å². The monoisotopic (exact) mass is 264 g/mol. The molecule has 1 heterocycles. The summed E-state index contributed by atoms with van der Waals surface area (Å²) in [6, 6.07) is 7.65. The van der Waals surface area contributed by atoms with Crippen molar-refractivity contribution >= 4 is 0 Å². The summed E-state index contributed by atoms with van der Waals surface area (Å²) >= 11 is 0. The molecule has 0 aliphatic carbocycles. The van der Waals surface area contributed by atoms with E-state index in [0.29, 0.717) is 11.9 Å². The first kappa shape index (κ1) is 16.0. The van der Waals surface area contributed by atoms with Gasteiger partial charge in [0.05, 0.1) is 12.7 Å². The van der Waals surface area contributed by atoms with Crippen LogP contribution in [0.25, 0.3) is 0 Å². The molecule has 1 fully saturated rings. The topological polar surface area (TPSA) is 32.8 Å². The largest absolute Gasteiger partial charge is 0.508 e. The maximum Gasteiger partial charge on any atom is 0.118 e. The Morgan fingerprint density at radius 3 is 2.26 bits per heavy atom. The van der Waals surface area contributed by atoms with Crippen molar-refractivity contribution in [1.82, 2.24) is 0 Å². The number of aryl methyl sites for hydroxylation is 1. The van der Waals surface area contributed by atoms with E-state index in [4.69, 9.17) is 4.74 Å². The smallest absolute Gasteiger partial charge is 0.118 e. The molecule has 1 atom stereocenters. The molecular weight excluding hydrogens is 236 g/mol. The van der Waals surface area contributed by atoms with Crippen LogP contribution < -0.4 is 0 Å². The van der Waals surface area contributed by atoms with Gasteiger partial charge in [0.1, 0.15) is 5.75 Å². The van der Waals surface area contributed by atoms with E-state index in [9.17, 15) is 5.11 Å². The Morgan fingerprint density at radius 2 is 1.68 bits per heavy atom. The van der Waals surface area contributed by atoms with Crippen LogP contribution in [0.3, 0.4) is 0 Å². The lowest BCUT2D eigenvalue weighted by Gasteiger charge is -2.03. The zero-order valence-electron chi connectivity index (χ0n) is 12.4. The Labute approximate surface area is 117 Å². The SMILES string of the molecule is CC1CO1.CCCCCCCCc1ccccc1O. The number of hydrogen-bond donors (Lipinski definition) is 1. The fourth-order valence-corrected chi connectivity index (χ4v) is 1.91. The van der Waals surface area contributed by atoms with E-state index in [1.807, 2.05) is 18.2 Å². The number of para-hydroxylation sites is 1. The molecule has 2 nitrogen and oxygen atoms in total. The number of unbranched alkanes of at least 4 members (excludes halogenated alkanes) is 5. The predicted octanol–water partition coefficient (Wildman–Crippen LogP) is 4.70. The quantitative estimate of drug-likeness (QED) is 0.572. The summed E-state index contributed by atoms with van der Waals surface area (Å²) in [6.07, 6.45) is 9.43. The number of benzene rings is 1. The maximum atomic E-state index is 9.55. The normalized spacial score (nSPS) is 16.6. The lowest BCUT2D eigenvalue weighted by atomic mass is 10.0. The van der Waals surface area contributed by atoms with Gasteiger partial charge in [-0.3, -0.25) is 0 Å². The van der Waals surface area contributed by atoms with E-state index in [2.05, 4.69) is 13.8 Å². The summed E-state index contributed by atoms with van der Waals surface area (Å²) in [5.74, 6) is 0.450. The Kier molecular flexibility index (Phi) is 8.31. The van der Waals surface area contributed by atoms with E-state index < -0.39 is 0 Å². The number of hydrogen-bond acceptors (Lipinski definition) is 2. The lowest BCUT2D eigenvalue weighted by molar-refractivity contribution is 0.423. The molecule has 108 valence electrons. The van der Waals surface area contributed by atoms with Gasteiger partial charge in [-0.25, -0.2) is 0 Å². The van der Waals surface area contributed by atoms with Crippen LogP contribution in [0.2, 0.25) is 0 Å². The second-order valence-electron chi connectivity index (χ2n) is 5.29. The van der Waals surface area contributed by atoms with Gasteiger partial charge < -0.3 is 9.84 Å². The highest BCUT2D eigenvalue weighted by atomic mass is 16.6. The molecule has 0 radical (unpaired) electrons. The van der Waals surface area contributed by atoms with Gasteiger partial charge in [-0.1, -0.05) is 57.2 Å². The van der Waals surface area contributed by atoms with Crippen LogP contribution >= 0.6 is 0 Å². The van der Waals surface area contributed by atoms with Crippen molar-refractivity contribution in [3.05, 3.63) is 29.8 Å². The number of aromatic hydroxyl groups is 1. The molecule has 0 saturated carbocycles. The highest BCUT2D eigenvalue weighted by molar-refractivity contribution is 5.31. The van der Waals surface area contributed by atoms with Crippen molar-refractivity contribution in [1.29, 1.82) is 0 Å². The van der Waals surface area contributed by atoms with Crippen LogP contribution in [0.15, 0.2) is 24.3 Å². The first-order chi connectivity index (χ1) is 9.24. The molecule has 1 N–H and O–H groups in total. The second kappa shape index (κ2) is 9.85. The fourth-order valence-electron chi connectivity index (χ4n) is 1.91. The third-order valence-electron chi connectivity index (χ3n) is 3.29. The average molecular weight is 264 g/mol. The van der Waals surface area contributed by atoms with Gasteiger partial charge in [-0.05, 0) is 31.4 Å².